The first kappa shape index (κ1) is 18.3. The fourth-order valence-electron chi connectivity index (χ4n) is 3.70. The Kier molecular flexibility index (Phi) is 5.22. The molecule has 5 heteroatoms. The number of carbonyl (C=O) groups is 1. The normalized spacial score (nSPS) is 13.9. The van der Waals surface area contributed by atoms with Crippen molar-refractivity contribution in [3.8, 4) is 6.07 Å². The van der Waals surface area contributed by atoms with Gasteiger partial charge >= 0.3 is 6.09 Å². The molecule has 26 heavy (non-hydrogen) atoms. The lowest BCUT2D eigenvalue weighted by Gasteiger charge is -2.20. The van der Waals surface area contributed by atoms with Gasteiger partial charge in [0.1, 0.15) is 5.60 Å². The number of carbonyl (C=O) groups excluding carboxylic acids is 1. The minimum Gasteiger partial charge on any atom is -0.444 e. The molecule has 1 heterocycles. The van der Waals surface area contributed by atoms with Crippen LogP contribution >= 0.6 is 0 Å². The second-order valence-corrected chi connectivity index (χ2v) is 7.91. The van der Waals surface area contributed by atoms with Crippen LogP contribution in [0.25, 0.3) is 10.9 Å². The predicted octanol–water partition coefficient (Wildman–Crippen LogP) is 4.31. The summed E-state index contributed by atoms with van der Waals surface area (Å²) in [6.45, 7) is 7.02. The lowest BCUT2D eigenvalue weighted by Crippen LogP contribution is -2.33. The third-order valence-electron chi connectivity index (χ3n) is 4.73. The molecule has 138 valence electrons. The number of nitrogens with zero attached hydrogens (tertiary/aromatic N) is 2. The van der Waals surface area contributed by atoms with Crippen LogP contribution in [0.4, 0.5) is 4.79 Å². The molecule has 0 bridgehead atoms. The van der Waals surface area contributed by atoms with Crippen LogP contribution in [0.15, 0.2) is 18.2 Å². The predicted molar refractivity (Wildman–Crippen MR) is 102 cm³/mol. The number of aryl methyl sites for hydroxylation is 2. The van der Waals surface area contributed by atoms with Crippen molar-refractivity contribution in [3.63, 3.8) is 0 Å². The lowest BCUT2D eigenvalue weighted by atomic mass is 9.95. The van der Waals surface area contributed by atoms with Gasteiger partial charge in [-0.25, -0.2) is 4.79 Å². The maximum Gasteiger partial charge on any atom is 0.407 e. The van der Waals surface area contributed by atoms with Gasteiger partial charge in [-0.15, -0.1) is 0 Å². The second-order valence-electron chi connectivity index (χ2n) is 7.91. The first-order valence-corrected chi connectivity index (χ1v) is 9.40. The number of ether oxygens (including phenoxy) is 1. The van der Waals surface area contributed by atoms with Crippen molar-refractivity contribution < 1.29 is 9.53 Å². The maximum absolute atomic E-state index is 11.8. The summed E-state index contributed by atoms with van der Waals surface area (Å²) >= 11 is 0. The fourth-order valence-corrected chi connectivity index (χ4v) is 3.70. The summed E-state index contributed by atoms with van der Waals surface area (Å²) in [6, 6.07) is 8.23. The molecule has 1 N–H and O–H groups in total. The molecule has 0 fully saturated rings. The number of rotatable bonds is 4. The van der Waals surface area contributed by atoms with Gasteiger partial charge in [0.25, 0.3) is 0 Å². The highest BCUT2D eigenvalue weighted by Crippen LogP contribution is 2.33. The number of hydrogen-bond acceptors (Lipinski definition) is 3. The Bertz CT molecular complexity index is 853. The number of fused-ring (bicyclic) bond motifs is 3. The largest absolute Gasteiger partial charge is 0.444 e. The van der Waals surface area contributed by atoms with E-state index in [9.17, 15) is 10.1 Å². The lowest BCUT2D eigenvalue weighted by molar-refractivity contribution is 0.0526. The summed E-state index contributed by atoms with van der Waals surface area (Å²) in [6.07, 6.45) is 5.08. The third kappa shape index (κ3) is 4.01. The Morgan fingerprint density at radius 3 is 2.81 bits per heavy atom. The highest BCUT2D eigenvalue weighted by molar-refractivity contribution is 5.87. The molecule has 1 aliphatic carbocycles. The highest BCUT2D eigenvalue weighted by Gasteiger charge is 2.20. The van der Waals surface area contributed by atoms with E-state index in [2.05, 4.69) is 22.0 Å². The summed E-state index contributed by atoms with van der Waals surface area (Å²) < 4.78 is 7.65. The number of nitriles is 1. The van der Waals surface area contributed by atoms with Gasteiger partial charge in [0.05, 0.1) is 11.6 Å². The van der Waals surface area contributed by atoms with E-state index in [-0.39, 0.29) is 6.09 Å². The Hall–Kier alpha value is -2.48. The SMILES string of the molecule is CC(C)(C)OC(=O)NCCCn1c2c(c3cc(C#N)ccc31)CCCC2. The average molecular weight is 353 g/mol. The van der Waals surface area contributed by atoms with Crippen LogP contribution in [0.2, 0.25) is 0 Å². The van der Waals surface area contributed by atoms with Crippen molar-refractivity contribution in [2.24, 2.45) is 0 Å². The van der Waals surface area contributed by atoms with Gasteiger partial charge in [0.2, 0.25) is 0 Å². The van der Waals surface area contributed by atoms with E-state index in [0.29, 0.717) is 6.54 Å². The fraction of sp³-hybridized carbons (Fsp3) is 0.524. The van der Waals surface area contributed by atoms with E-state index in [1.54, 1.807) is 0 Å². The van der Waals surface area contributed by atoms with Crippen molar-refractivity contribution in [3.05, 3.63) is 35.0 Å². The van der Waals surface area contributed by atoms with Crippen molar-refractivity contribution in [2.45, 2.75) is 65.0 Å². The smallest absolute Gasteiger partial charge is 0.407 e. The summed E-state index contributed by atoms with van der Waals surface area (Å²) in [5.74, 6) is 0. The third-order valence-corrected chi connectivity index (χ3v) is 4.73. The van der Waals surface area contributed by atoms with Crippen LogP contribution in [0, 0.1) is 11.3 Å². The summed E-state index contributed by atoms with van der Waals surface area (Å²) in [4.78, 5) is 11.8. The molecular formula is C21H27N3O2. The Morgan fingerprint density at radius 2 is 2.08 bits per heavy atom. The maximum atomic E-state index is 11.8. The van der Waals surface area contributed by atoms with Gasteiger partial charge < -0.3 is 14.6 Å². The number of hydrogen-bond donors (Lipinski definition) is 1. The van der Waals surface area contributed by atoms with E-state index in [0.717, 1.165) is 31.4 Å². The monoisotopic (exact) mass is 353 g/mol. The molecule has 1 aliphatic rings. The van der Waals surface area contributed by atoms with Gasteiger partial charge in [-0.1, -0.05) is 0 Å². The molecule has 0 radical (unpaired) electrons. The van der Waals surface area contributed by atoms with Gasteiger partial charge in [0.15, 0.2) is 0 Å². The minimum absolute atomic E-state index is 0.365. The quantitative estimate of drug-likeness (QED) is 0.833. The van der Waals surface area contributed by atoms with E-state index in [1.807, 2.05) is 32.9 Å². The molecule has 3 rings (SSSR count). The molecule has 0 saturated carbocycles. The summed E-state index contributed by atoms with van der Waals surface area (Å²) in [5.41, 5.74) is 4.25. The van der Waals surface area contributed by atoms with Gasteiger partial charge in [-0.05, 0) is 76.6 Å². The molecule has 0 spiro atoms. The van der Waals surface area contributed by atoms with Crippen LogP contribution in [-0.4, -0.2) is 22.8 Å². The molecular weight excluding hydrogens is 326 g/mol. The molecule has 0 atom stereocenters. The van der Waals surface area contributed by atoms with Crippen LogP contribution in [-0.2, 0) is 24.1 Å². The number of aromatic nitrogens is 1. The Balaban J connectivity index is 1.72. The van der Waals surface area contributed by atoms with Crippen molar-refractivity contribution in [1.29, 1.82) is 5.26 Å². The number of alkyl carbamates (subject to hydrolysis) is 1. The molecule has 0 unspecified atom stereocenters. The van der Waals surface area contributed by atoms with E-state index >= 15 is 0 Å². The Labute approximate surface area is 154 Å². The Morgan fingerprint density at radius 1 is 1.31 bits per heavy atom. The average Bonchev–Trinajstić information content (AvgIpc) is 2.90. The van der Waals surface area contributed by atoms with Crippen molar-refractivity contribution in [2.75, 3.05) is 6.54 Å². The van der Waals surface area contributed by atoms with Crippen molar-refractivity contribution in [1.82, 2.24) is 9.88 Å². The van der Waals surface area contributed by atoms with Gasteiger partial charge in [-0.3, -0.25) is 0 Å². The van der Waals surface area contributed by atoms with E-state index < -0.39 is 5.60 Å². The topological polar surface area (TPSA) is 67.0 Å². The standard InChI is InChI=1S/C21H27N3O2/c1-21(2,3)26-20(25)23-11-6-12-24-18-8-5-4-7-16(18)17-13-15(14-22)9-10-19(17)24/h9-10,13H,4-8,11-12H2,1-3H3,(H,23,25). The zero-order valence-corrected chi connectivity index (χ0v) is 15.9. The molecule has 1 amide bonds. The highest BCUT2D eigenvalue weighted by atomic mass is 16.6. The van der Waals surface area contributed by atoms with Gasteiger partial charge in [0, 0.05) is 29.7 Å². The van der Waals surface area contributed by atoms with Crippen LogP contribution in [0.5, 0.6) is 0 Å². The molecule has 2 aromatic rings. The minimum atomic E-state index is -0.474. The van der Waals surface area contributed by atoms with E-state index in [1.165, 1.54) is 35.0 Å². The van der Waals surface area contributed by atoms with Crippen molar-refractivity contribution >= 4 is 17.0 Å². The first-order valence-electron chi connectivity index (χ1n) is 9.40. The van der Waals surface area contributed by atoms with Crippen LogP contribution in [0.1, 0.15) is 56.9 Å². The number of amides is 1. The number of nitrogens with one attached hydrogen (secondary N) is 1. The molecule has 5 nitrogen and oxygen atoms in total. The van der Waals surface area contributed by atoms with Crippen LogP contribution in [0.3, 0.4) is 0 Å². The second kappa shape index (κ2) is 7.41. The first-order chi connectivity index (χ1) is 12.4. The summed E-state index contributed by atoms with van der Waals surface area (Å²) in [7, 11) is 0. The number of benzene rings is 1. The van der Waals surface area contributed by atoms with Gasteiger partial charge in [-0.2, -0.15) is 5.26 Å². The molecule has 0 aliphatic heterocycles. The molecule has 1 aromatic carbocycles. The van der Waals surface area contributed by atoms with E-state index in [4.69, 9.17) is 4.74 Å². The molecule has 0 saturated heterocycles. The zero-order chi connectivity index (χ0) is 18.7. The van der Waals surface area contributed by atoms with Crippen LogP contribution < -0.4 is 5.32 Å². The zero-order valence-electron chi connectivity index (χ0n) is 15.9. The molecule has 1 aromatic heterocycles. The summed E-state index contributed by atoms with van der Waals surface area (Å²) in [5, 5.41) is 13.3.